The average molecular weight is 415 g/mol. The van der Waals surface area contributed by atoms with Gasteiger partial charge in [-0.1, -0.05) is 50.2 Å². The van der Waals surface area contributed by atoms with Gasteiger partial charge in [-0.15, -0.1) is 0 Å². The highest BCUT2D eigenvalue weighted by Crippen LogP contribution is 2.36. The van der Waals surface area contributed by atoms with Gasteiger partial charge in [0.25, 0.3) is 0 Å². The van der Waals surface area contributed by atoms with Crippen molar-refractivity contribution < 1.29 is 18.8 Å². The molecule has 2 rings (SSSR count). The molecule has 164 valence electrons. The van der Waals surface area contributed by atoms with Gasteiger partial charge in [-0.05, 0) is 63.9 Å². The van der Waals surface area contributed by atoms with Crippen LogP contribution in [0, 0.1) is 5.92 Å². The van der Waals surface area contributed by atoms with E-state index in [1.54, 1.807) is 13.8 Å². The Bertz CT molecular complexity index is 938. The molecule has 0 aliphatic carbocycles. The van der Waals surface area contributed by atoms with Gasteiger partial charge in [0, 0.05) is 23.6 Å². The van der Waals surface area contributed by atoms with E-state index in [9.17, 15) is 9.90 Å². The van der Waals surface area contributed by atoms with E-state index in [0.717, 1.165) is 12.1 Å². The van der Waals surface area contributed by atoms with Crippen molar-refractivity contribution in [3.63, 3.8) is 0 Å². The number of ether oxygens (including phenoxy) is 1. The second kappa shape index (κ2) is 11.3. The van der Waals surface area contributed by atoms with Crippen LogP contribution in [0.3, 0.4) is 0 Å². The lowest BCUT2D eigenvalue weighted by Crippen LogP contribution is -2.38. The van der Waals surface area contributed by atoms with Crippen LogP contribution in [0.1, 0.15) is 74.7 Å². The van der Waals surface area contributed by atoms with Crippen LogP contribution < -0.4 is 4.74 Å². The number of rotatable bonds is 10. The Morgan fingerprint density at radius 3 is 2.23 bits per heavy atom. The van der Waals surface area contributed by atoms with Gasteiger partial charge in [-0.3, -0.25) is 9.69 Å². The number of carbonyl (C=O) groups is 1. The van der Waals surface area contributed by atoms with Gasteiger partial charge in [-0.2, -0.15) is 0 Å². The molecule has 0 aromatic heterocycles. The van der Waals surface area contributed by atoms with Crippen molar-refractivity contribution in [3.8, 4) is 5.75 Å². The molecule has 0 aliphatic heterocycles. The average Bonchev–Trinajstić information content (AvgIpc) is 2.76. The number of hydrogen-bond acceptors (Lipinski definition) is 4. The number of esters is 1. The first-order valence-corrected chi connectivity index (χ1v) is 10.8. The van der Waals surface area contributed by atoms with Crippen molar-refractivity contribution in [1.82, 2.24) is 4.90 Å². The molecular weight excluding hydrogens is 374 g/mol. The molecule has 1 atom stereocenters. The summed E-state index contributed by atoms with van der Waals surface area (Å²) in [6.07, 6.45) is 0.625. The van der Waals surface area contributed by atoms with Crippen LogP contribution in [-0.2, 0) is 11.4 Å². The molecule has 0 saturated heterocycles. The highest BCUT2D eigenvalue weighted by molar-refractivity contribution is 5.75. The summed E-state index contributed by atoms with van der Waals surface area (Å²) in [5, 5.41) is 9.89. The van der Waals surface area contributed by atoms with E-state index in [1.807, 2.05) is 30.3 Å². The Hall–Kier alpha value is -2.17. The molecule has 2 aromatic rings. The zero-order chi connectivity index (χ0) is 24.9. The summed E-state index contributed by atoms with van der Waals surface area (Å²) in [6, 6.07) is 9.73. The SMILES string of the molecule is [2H]c1c([2H])c(OC(=O)C(C)C)c([C@H](CCN(C(C)C)C(C)C)c2ccccc2)c([2H])c1CO. The highest BCUT2D eigenvalue weighted by atomic mass is 16.5. The minimum atomic E-state index is -0.527. The first-order valence-electron chi connectivity index (χ1n) is 12.3. The zero-order valence-electron chi connectivity index (χ0n) is 22.0. The summed E-state index contributed by atoms with van der Waals surface area (Å²) in [6.45, 7) is 12.2. The summed E-state index contributed by atoms with van der Waals surface area (Å²) < 4.78 is 31.3. The monoisotopic (exact) mass is 414 g/mol. The highest BCUT2D eigenvalue weighted by Gasteiger charge is 2.23. The van der Waals surface area contributed by atoms with E-state index in [2.05, 4.69) is 32.6 Å². The Kier molecular flexibility index (Phi) is 7.44. The van der Waals surface area contributed by atoms with E-state index >= 15 is 0 Å². The second-order valence-corrected chi connectivity index (χ2v) is 8.51. The van der Waals surface area contributed by atoms with Crippen LogP contribution in [0.25, 0.3) is 0 Å². The van der Waals surface area contributed by atoms with Gasteiger partial charge in [0.05, 0.1) is 16.6 Å². The Labute approximate surface area is 186 Å². The molecule has 0 bridgehead atoms. The summed E-state index contributed by atoms with van der Waals surface area (Å²) in [5.41, 5.74) is 1.39. The van der Waals surface area contributed by atoms with Gasteiger partial charge in [-0.25, -0.2) is 0 Å². The molecule has 0 amide bonds. The molecule has 0 heterocycles. The molecule has 0 fully saturated rings. The van der Waals surface area contributed by atoms with Crippen LogP contribution >= 0.6 is 0 Å². The second-order valence-electron chi connectivity index (χ2n) is 8.51. The maximum Gasteiger partial charge on any atom is 0.313 e. The number of hydrogen-bond donors (Lipinski definition) is 1. The molecule has 0 radical (unpaired) electrons. The van der Waals surface area contributed by atoms with Crippen molar-refractivity contribution in [2.75, 3.05) is 6.54 Å². The fraction of sp³-hybridized carbons (Fsp3) is 0.500. The van der Waals surface area contributed by atoms with Crippen molar-refractivity contribution in [2.24, 2.45) is 5.92 Å². The third-order valence-electron chi connectivity index (χ3n) is 5.24. The summed E-state index contributed by atoms with van der Waals surface area (Å²) in [4.78, 5) is 14.9. The maximum absolute atomic E-state index is 12.5. The summed E-state index contributed by atoms with van der Waals surface area (Å²) in [7, 11) is 0. The van der Waals surface area contributed by atoms with E-state index in [-0.39, 0.29) is 35.4 Å². The third kappa shape index (κ3) is 6.41. The van der Waals surface area contributed by atoms with Gasteiger partial charge in [0.1, 0.15) is 5.75 Å². The molecule has 0 spiro atoms. The largest absolute Gasteiger partial charge is 0.426 e. The van der Waals surface area contributed by atoms with E-state index in [1.165, 1.54) is 0 Å². The fourth-order valence-electron chi connectivity index (χ4n) is 3.63. The lowest BCUT2D eigenvalue weighted by atomic mass is 9.86. The Morgan fingerprint density at radius 2 is 1.70 bits per heavy atom. The van der Waals surface area contributed by atoms with Crippen LogP contribution in [0.5, 0.6) is 5.75 Å². The predicted octanol–water partition coefficient (Wildman–Crippen LogP) is 5.38. The number of carbonyl (C=O) groups excluding carboxylic acids is 1. The molecule has 4 nitrogen and oxygen atoms in total. The van der Waals surface area contributed by atoms with E-state index < -0.39 is 18.5 Å². The topological polar surface area (TPSA) is 49.8 Å². The number of aliphatic hydroxyl groups excluding tert-OH is 1. The minimum Gasteiger partial charge on any atom is -0.426 e. The first kappa shape index (κ1) is 19.8. The molecule has 0 saturated carbocycles. The molecule has 2 aromatic carbocycles. The molecule has 0 unspecified atom stereocenters. The molecular formula is C26H37NO3. The maximum atomic E-state index is 12.5. The number of nitrogens with zero attached hydrogens (tertiary/aromatic N) is 1. The van der Waals surface area contributed by atoms with Crippen LogP contribution in [0.15, 0.2) is 48.5 Å². The van der Waals surface area contributed by atoms with Gasteiger partial charge in [0.2, 0.25) is 0 Å². The molecule has 4 heteroatoms. The predicted molar refractivity (Wildman–Crippen MR) is 123 cm³/mol. The Morgan fingerprint density at radius 1 is 1.07 bits per heavy atom. The van der Waals surface area contributed by atoms with E-state index in [0.29, 0.717) is 24.1 Å². The van der Waals surface area contributed by atoms with Gasteiger partial charge >= 0.3 is 5.97 Å². The zero-order valence-corrected chi connectivity index (χ0v) is 19.0. The normalized spacial score (nSPS) is 14.2. The smallest absolute Gasteiger partial charge is 0.313 e. The lowest BCUT2D eigenvalue weighted by molar-refractivity contribution is -0.137. The summed E-state index contributed by atoms with van der Waals surface area (Å²) >= 11 is 0. The fourth-order valence-corrected chi connectivity index (χ4v) is 3.63. The molecule has 1 N–H and O–H groups in total. The quantitative estimate of drug-likeness (QED) is 0.419. The standard InChI is InChI=1S/C26H37NO3/c1-18(2)26(29)30-25-13-12-21(17-28)16-24(25)23(22-10-8-7-9-11-22)14-15-27(19(3)4)20(5)6/h7-13,16,18-20,23,28H,14-15,17H2,1-6H3/t23-/m1/s1/i12D,13D,16D. The Balaban J connectivity index is 2.72. The lowest BCUT2D eigenvalue weighted by Gasteiger charge is -2.32. The van der Waals surface area contributed by atoms with Crippen LogP contribution in [0.4, 0.5) is 0 Å². The van der Waals surface area contributed by atoms with Gasteiger partial charge < -0.3 is 9.84 Å². The molecule has 0 aliphatic rings. The summed E-state index contributed by atoms with van der Waals surface area (Å²) in [5.74, 6) is -1.33. The first-order chi connectivity index (χ1) is 15.5. The van der Waals surface area contributed by atoms with Crippen molar-refractivity contribution in [2.45, 2.75) is 72.6 Å². The van der Waals surface area contributed by atoms with Crippen LogP contribution in [-0.4, -0.2) is 34.6 Å². The third-order valence-corrected chi connectivity index (χ3v) is 5.24. The molecule has 30 heavy (non-hydrogen) atoms. The minimum absolute atomic E-state index is 0.0421. The number of aliphatic hydroxyl groups is 1. The van der Waals surface area contributed by atoms with Crippen molar-refractivity contribution in [3.05, 3.63) is 65.1 Å². The van der Waals surface area contributed by atoms with Crippen molar-refractivity contribution in [1.29, 1.82) is 0 Å². The number of benzene rings is 2. The van der Waals surface area contributed by atoms with Gasteiger partial charge in [0.15, 0.2) is 0 Å². The van der Waals surface area contributed by atoms with Crippen LogP contribution in [0.2, 0.25) is 0 Å². The van der Waals surface area contributed by atoms with E-state index in [4.69, 9.17) is 8.85 Å². The van der Waals surface area contributed by atoms with Crippen molar-refractivity contribution >= 4 is 5.97 Å².